The van der Waals surface area contributed by atoms with E-state index in [2.05, 4.69) is 51.8 Å². The van der Waals surface area contributed by atoms with Crippen molar-refractivity contribution in [3.05, 3.63) is 0 Å². The molecule has 18 heavy (non-hydrogen) atoms. The van der Waals surface area contributed by atoms with Crippen molar-refractivity contribution in [2.75, 3.05) is 13.1 Å². The first-order valence-electron chi connectivity index (χ1n) is 7.86. The minimum absolute atomic E-state index is 0.227. The van der Waals surface area contributed by atoms with Gasteiger partial charge in [0.2, 0.25) is 0 Å². The summed E-state index contributed by atoms with van der Waals surface area (Å²) < 4.78 is 0. The van der Waals surface area contributed by atoms with E-state index in [1.165, 1.54) is 32.2 Å². The number of hydrogen-bond donors (Lipinski definition) is 1. The molecule has 2 unspecified atom stereocenters. The molecule has 0 spiro atoms. The maximum atomic E-state index is 3.70. The Morgan fingerprint density at radius 2 is 1.89 bits per heavy atom. The third-order valence-corrected chi connectivity index (χ3v) is 4.18. The van der Waals surface area contributed by atoms with Crippen LogP contribution >= 0.6 is 0 Å². The smallest absolute Gasteiger partial charge is 0.0246 e. The van der Waals surface area contributed by atoms with Gasteiger partial charge in [0.1, 0.15) is 0 Å². The predicted molar refractivity (Wildman–Crippen MR) is 81.0 cm³/mol. The summed E-state index contributed by atoms with van der Waals surface area (Å²) in [5.41, 5.74) is 0.227. The average Bonchev–Trinajstić information content (AvgIpc) is 2.28. The Morgan fingerprint density at radius 3 is 2.39 bits per heavy atom. The van der Waals surface area contributed by atoms with Crippen LogP contribution in [0.15, 0.2) is 0 Å². The van der Waals surface area contributed by atoms with E-state index in [1.807, 2.05) is 0 Å². The van der Waals surface area contributed by atoms with Crippen molar-refractivity contribution >= 4 is 0 Å². The molecule has 1 fully saturated rings. The Kier molecular flexibility index (Phi) is 6.13. The van der Waals surface area contributed by atoms with E-state index >= 15 is 0 Å². The summed E-state index contributed by atoms with van der Waals surface area (Å²) in [5, 5.41) is 3.70. The molecule has 1 aliphatic rings. The monoisotopic (exact) mass is 254 g/mol. The lowest BCUT2D eigenvalue weighted by atomic mass is 9.92. The van der Waals surface area contributed by atoms with Crippen molar-refractivity contribution in [2.45, 2.75) is 84.8 Å². The molecule has 0 saturated carbocycles. The zero-order valence-corrected chi connectivity index (χ0v) is 13.4. The van der Waals surface area contributed by atoms with Crippen LogP contribution in [0, 0.1) is 5.92 Å². The summed E-state index contributed by atoms with van der Waals surface area (Å²) in [6, 6.07) is 1.50. The van der Waals surface area contributed by atoms with Gasteiger partial charge in [0.05, 0.1) is 0 Å². The van der Waals surface area contributed by atoms with E-state index in [0.29, 0.717) is 6.04 Å². The van der Waals surface area contributed by atoms with Gasteiger partial charge in [-0.25, -0.2) is 0 Å². The molecule has 0 radical (unpaired) electrons. The van der Waals surface area contributed by atoms with E-state index < -0.39 is 0 Å². The van der Waals surface area contributed by atoms with Crippen LogP contribution < -0.4 is 5.32 Å². The molecule has 0 bridgehead atoms. The van der Waals surface area contributed by atoms with Gasteiger partial charge in [0.15, 0.2) is 0 Å². The molecule has 2 heteroatoms. The molecule has 108 valence electrons. The maximum absolute atomic E-state index is 3.70. The highest BCUT2D eigenvalue weighted by molar-refractivity contribution is 4.87. The minimum atomic E-state index is 0.227. The van der Waals surface area contributed by atoms with Crippen LogP contribution in [0.25, 0.3) is 0 Å². The predicted octanol–water partition coefficient (Wildman–Crippen LogP) is 3.66. The molecule has 1 N–H and O–H groups in total. The van der Waals surface area contributed by atoms with Crippen LogP contribution in [-0.4, -0.2) is 35.6 Å². The molecule has 1 heterocycles. The number of piperidine rings is 1. The Bertz CT molecular complexity index is 230. The Labute approximate surface area is 115 Å². The summed E-state index contributed by atoms with van der Waals surface area (Å²) in [5.74, 6) is 0.729. The summed E-state index contributed by atoms with van der Waals surface area (Å²) in [4.78, 5) is 2.78. The third kappa shape index (κ3) is 4.89. The number of nitrogens with one attached hydrogen (secondary N) is 1. The second kappa shape index (κ2) is 6.91. The Hall–Kier alpha value is -0.0800. The molecular weight excluding hydrogens is 220 g/mol. The highest BCUT2D eigenvalue weighted by atomic mass is 15.2. The zero-order chi connectivity index (χ0) is 13.8. The van der Waals surface area contributed by atoms with Crippen molar-refractivity contribution in [1.82, 2.24) is 10.2 Å². The molecule has 0 amide bonds. The summed E-state index contributed by atoms with van der Waals surface area (Å²) in [6.07, 6.45) is 5.51. The van der Waals surface area contributed by atoms with Crippen LogP contribution in [-0.2, 0) is 0 Å². The van der Waals surface area contributed by atoms with Crippen LogP contribution in [0.1, 0.15) is 67.2 Å². The zero-order valence-electron chi connectivity index (χ0n) is 13.4. The van der Waals surface area contributed by atoms with Gasteiger partial charge in [-0.2, -0.15) is 0 Å². The molecular formula is C16H34N2. The second-order valence-electron chi connectivity index (χ2n) is 7.24. The fourth-order valence-electron chi connectivity index (χ4n) is 3.04. The molecule has 0 aromatic carbocycles. The summed E-state index contributed by atoms with van der Waals surface area (Å²) in [6.45, 7) is 16.3. The third-order valence-electron chi connectivity index (χ3n) is 4.18. The van der Waals surface area contributed by atoms with Gasteiger partial charge in [-0.3, -0.25) is 4.90 Å². The van der Waals surface area contributed by atoms with Crippen LogP contribution in [0.4, 0.5) is 0 Å². The molecule has 2 nitrogen and oxygen atoms in total. The number of likely N-dealkylation sites (tertiary alicyclic amines) is 1. The summed E-state index contributed by atoms with van der Waals surface area (Å²) >= 11 is 0. The number of hydrogen-bond acceptors (Lipinski definition) is 2. The van der Waals surface area contributed by atoms with Crippen molar-refractivity contribution in [1.29, 1.82) is 0 Å². The van der Waals surface area contributed by atoms with E-state index in [1.54, 1.807) is 0 Å². The lowest BCUT2D eigenvalue weighted by Gasteiger charge is -2.44. The van der Waals surface area contributed by atoms with Gasteiger partial charge in [-0.1, -0.05) is 27.2 Å². The normalized spacial score (nSPS) is 24.5. The molecule has 1 aliphatic heterocycles. The standard InChI is InChI=1S/C16H34N2/c1-7-14-10-8-9-11-18(14)15(13(2)3)12-17-16(4,5)6/h13-15,17H,7-12H2,1-6H3. The van der Waals surface area contributed by atoms with Gasteiger partial charge in [0.25, 0.3) is 0 Å². The largest absolute Gasteiger partial charge is 0.311 e. The van der Waals surface area contributed by atoms with Crippen molar-refractivity contribution in [3.63, 3.8) is 0 Å². The molecule has 0 aromatic heterocycles. The molecule has 1 saturated heterocycles. The van der Waals surface area contributed by atoms with E-state index in [9.17, 15) is 0 Å². The van der Waals surface area contributed by atoms with Crippen LogP contribution in [0.5, 0.6) is 0 Å². The van der Waals surface area contributed by atoms with E-state index in [-0.39, 0.29) is 5.54 Å². The SMILES string of the molecule is CCC1CCCCN1C(CNC(C)(C)C)C(C)C. The van der Waals surface area contributed by atoms with Gasteiger partial charge in [-0.15, -0.1) is 0 Å². The fourth-order valence-corrected chi connectivity index (χ4v) is 3.04. The Balaban J connectivity index is 2.64. The Morgan fingerprint density at radius 1 is 1.22 bits per heavy atom. The topological polar surface area (TPSA) is 15.3 Å². The first-order valence-corrected chi connectivity index (χ1v) is 7.86. The molecule has 2 atom stereocenters. The molecule has 1 rings (SSSR count). The first-order chi connectivity index (χ1) is 8.35. The first kappa shape index (κ1) is 16.0. The van der Waals surface area contributed by atoms with E-state index in [0.717, 1.165) is 18.5 Å². The lowest BCUT2D eigenvalue weighted by molar-refractivity contribution is 0.0629. The van der Waals surface area contributed by atoms with Gasteiger partial charge in [-0.05, 0) is 52.5 Å². The summed E-state index contributed by atoms with van der Waals surface area (Å²) in [7, 11) is 0. The number of rotatable bonds is 5. The van der Waals surface area contributed by atoms with Crippen LogP contribution in [0.2, 0.25) is 0 Å². The maximum Gasteiger partial charge on any atom is 0.0246 e. The second-order valence-corrected chi connectivity index (χ2v) is 7.24. The van der Waals surface area contributed by atoms with Crippen molar-refractivity contribution < 1.29 is 0 Å². The van der Waals surface area contributed by atoms with Gasteiger partial charge in [0, 0.05) is 24.2 Å². The van der Waals surface area contributed by atoms with Crippen molar-refractivity contribution in [2.24, 2.45) is 5.92 Å². The highest BCUT2D eigenvalue weighted by Crippen LogP contribution is 2.25. The molecule has 0 aliphatic carbocycles. The van der Waals surface area contributed by atoms with Crippen LogP contribution in [0.3, 0.4) is 0 Å². The molecule has 0 aromatic rings. The quantitative estimate of drug-likeness (QED) is 0.805. The van der Waals surface area contributed by atoms with E-state index in [4.69, 9.17) is 0 Å². The van der Waals surface area contributed by atoms with Crippen molar-refractivity contribution in [3.8, 4) is 0 Å². The average molecular weight is 254 g/mol. The highest BCUT2D eigenvalue weighted by Gasteiger charge is 2.30. The van der Waals surface area contributed by atoms with Gasteiger partial charge < -0.3 is 5.32 Å². The minimum Gasteiger partial charge on any atom is -0.311 e. The number of nitrogens with zero attached hydrogens (tertiary/aromatic N) is 1. The lowest BCUT2D eigenvalue weighted by Crippen LogP contribution is -2.54. The fraction of sp³-hybridized carbons (Fsp3) is 1.00. The van der Waals surface area contributed by atoms with Gasteiger partial charge >= 0.3 is 0 Å².